The minimum atomic E-state index is -0.237. The maximum Gasteiger partial charge on any atom is 0.223 e. The molecule has 1 N–H and O–H groups in total. The molecule has 0 bridgehead atoms. The second-order valence-electron chi connectivity index (χ2n) is 7.56. The minimum absolute atomic E-state index is 0. The Balaban J connectivity index is 0.00000210. The Kier molecular flexibility index (Phi) is 6.18. The number of benzene rings is 2. The number of likely N-dealkylation sites (tertiary alicyclic amines) is 1. The van der Waals surface area contributed by atoms with Crippen LogP contribution in [0.1, 0.15) is 29.2 Å². The molecule has 2 fully saturated rings. The topological polar surface area (TPSA) is 32.3 Å². The highest BCUT2D eigenvalue weighted by Gasteiger charge is 2.46. The van der Waals surface area contributed by atoms with Crippen molar-refractivity contribution in [2.75, 3.05) is 19.6 Å². The number of rotatable bonds is 4. The van der Waals surface area contributed by atoms with Crippen molar-refractivity contribution in [3.8, 4) is 0 Å². The summed E-state index contributed by atoms with van der Waals surface area (Å²) in [6, 6.07) is 15.0. The lowest BCUT2D eigenvalue weighted by Crippen LogP contribution is -2.35. The number of hydrogen-bond donors (Lipinski definition) is 1. The normalized spacial score (nSPS) is 23.8. The van der Waals surface area contributed by atoms with Gasteiger partial charge in [0.15, 0.2) is 0 Å². The van der Waals surface area contributed by atoms with Crippen LogP contribution in [0.4, 0.5) is 4.39 Å². The van der Waals surface area contributed by atoms with Crippen LogP contribution < -0.4 is 5.32 Å². The van der Waals surface area contributed by atoms with Crippen LogP contribution in [0.5, 0.6) is 0 Å². The van der Waals surface area contributed by atoms with E-state index in [1.165, 1.54) is 23.3 Å². The van der Waals surface area contributed by atoms with E-state index in [2.05, 4.69) is 41.4 Å². The van der Waals surface area contributed by atoms with Crippen LogP contribution in [-0.2, 0) is 11.2 Å². The summed E-state index contributed by atoms with van der Waals surface area (Å²) in [7, 11) is 0. The first kappa shape index (κ1) is 19.8. The Morgan fingerprint density at radius 2 is 1.89 bits per heavy atom. The summed E-state index contributed by atoms with van der Waals surface area (Å²) in [5.74, 6) is 0.997. The van der Waals surface area contributed by atoms with E-state index in [0.29, 0.717) is 24.7 Å². The van der Waals surface area contributed by atoms with Crippen LogP contribution in [0.3, 0.4) is 0 Å². The predicted molar refractivity (Wildman–Crippen MR) is 107 cm³/mol. The number of nitrogens with zero attached hydrogens (tertiary/aromatic N) is 1. The predicted octanol–water partition coefficient (Wildman–Crippen LogP) is 3.91. The van der Waals surface area contributed by atoms with Gasteiger partial charge in [0.1, 0.15) is 5.82 Å². The van der Waals surface area contributed by atoms with Crippen molar-refractivity contribution in [3.05, 3.63) is 71.0 Å². The highest BCUT2D eigenvalue weighted by atomic mass is 35.5. The molecule has 0 unspecified atom stereocenters. The first-order valence-electron chi connectivity index (χ1n) is 9.43. The number of carbonyl (C=O) groups excluding carboxylic acids is 1. The third-order valence-electron chi connectivity index (χ3n) is 5.93. The smallest absolute Gasteiger partial charge is 0.223 e. The molecular weight excluding hydrogens is 363 g/mol. The molecule has 5 heteroatoms. The molecule has 0 spiro atoms. The van der Waals surface area contributed by atoms with E-state index >= 15 is 0 Å². The van der Waals surface area contributed by atoms with Crippen molar-refractivity contribution in [3.63, 3.8) is 0 Å². The number of aryl methyl sites for hydroxylation is 2. The zero-order chi connectivity index (χ0) is 18.1. The summed E-state index contributed by atoms with van der Waals surface area (Å²) in [6.07, 6.45) is 1.13. The standard InChI is InChI=1S/C22H25FN2O.ClH/c1-15-4-2-3-5-19(15)22-20-13-24-12-17(20)14-25(22)21(26)11-8-16-6-9-18(23)10-7-16;/h2-7,9-10,17,20,22,24H,8,11-14H2,1H3;1H/t17-,20-,22-;/m0./s1. The monoisotopic (exact) mass is 388 g/mol. The molecule has 4 rings (SSSR count). The van der Waals surface area contributed by atoms with Crippen LogP contribution in [0.2, 0.25) is 0 Å². The van der Waals surface area contributed by atoms with Crippen LogP contribution in [0, 0.1) is 24.6 Å². The third kappa shape index (κ3) is 4.02. The van der Waals surface area contributed by atoms with Gasteiger partial charge in [0.25, 0.3) is 0 Å². The molecule has 2 aliphatic heterocycles. The van der Waals surface area contributed by atoms with E-state index < -0.39 is 0 Å². The SMILES string of the molecule is Cc1ccccc1[C@H]1[C@H]2CNC[C@H]2CN1C(=O)CCc1ccc(F)cc1.Cl. The van der Waals surface area contributed by atoms with Crippen molar-refractivity contribution in [1.29, 1.82) is 0 Å². The molecule has 3 atom stereocenters. The van der Waals surface area contributed by atoms with Gasteiger partial charge in [-0.2, -0.15) is 0 Å². The molecule has 2 aliphatic rings. The summed E-state index contributed by atoms with van der Waals surface area (Å²) in [5, 5.41) is 3.49. The van der Waals surface area contributed by atoms with Gasteiger partial charge in [0.2, 0.25) is 5.91 Å². The van der Waals surface area contributed by atoms with Gasteiger partial charge >= 0.3 is 0 Å². The third-order valence-corrected chi connectivity index (χ3v) is 5.93. The van der Waals surface area contributed by atoms with Crippen LogP contribution in [0.25, 0.3) is 0 Å². The van der Waals surface area contributed by atoms with Crippen molar-refractivity contribution in [1.82, 2.24) is 10.2 Å². The molecule has 27 heavy (non-hydrogen) atoms. The number of hydrogen-bond acceptors (Lipinski definition) is 2. The Morgan fingerprint density at radius 1 is 1.15 bits per heavy atom. The molecule has 0 aromatic heterocycles. The summed E-state index contributed by atoms with van der Waals surface area (Å²) in [4.78, 5) is 15.1. The lowest BCUT2D eigenvalue weighted by atomic mass is 9.87. The number of carbonyl (C=O) groups is 1. The van der Waals surface area contributed by atoms with Gasteiger partial charge in [-0.3, -0.25) is 4.79 Å². The molecule has 1 amide bonds. The maximum atomic E-state index is 13.1. The van der Waals surface area contributed by atoms with Crippen LogP contribution in [-0.4, -0.2) is 30.4 Å². The summed E-state index contributed by atoms with van der Waals surface area (Å²) < 4.78 is 13.1. The Hall–Kier alpha value is -1.91. The fourth-order valence-corrected chi connectivity index (χ4v) is 4.54. The molecule has 2 heterocycles. The lowest BCUT2D eigenvalue weighted by Gasteiger charge is -2.29. The van der Waals surface area contributed by atoms with E-state index in [-0.39, 0.29) is 30.2 Å². The number of fused-ring (bicyclic) bond motifs is 1. The van der Waals surface area contributed by atoms with Crippen molar-refractivity contribution < 1.29 is 9.18 Å². The van der Waals surface area contributed by atoms with Gasteiger partial charge in [0, 0.05) is 32.0 Å². The van der Waals surface area contributed by atoms with Gasteiger partial charge < -0.3 is 10.2 Å². The minimum Gasteiger partial charge on any atom is -0.335 e. The second-order valence-corrected chi connectivity index (χ2v) is 7.56. The van der Waals surface area contributed by atoms with Crippen LogP contribution in [0.15, 0.2) is 48.5 Å². The Morgan fingerprint density at radius 3 is 2.63 bits per heavy atom. The van der Waals surface area contributed by atoms with E-state index in [4.69, 9.17) is 0 Å². The van der Waals surface area contributed by atoms with Crippen molar-refractivity contribution in [2.45, 2.75) is 25.8 Å². The lowest BCUT2D eigenvalue weighted by molar-refractivity contribution is -0.132. The van der Waals surface area contributed by atoms with Crippen molar-refractivity contribution >= 4 is 18.3 Å². The van der Waals surface area contributed by atoms with E-state index in [1.807, 2.05) is 0 Å². The number of halogens is 2. The van der Waals surface area contributed by atoms with Gasteiger partial charge in [0.05, 0.1) is 6.04 Å². The quantitative estimate of drug-likeness (QED) is 0.861. The molecule has 2 aromatic carbocycles. The molecule has 0 aliphatic carbocycles. The molecule has 2 saturated heterocycles. The van der Waals surface area contributed by atoms with Gasteiger partial charge in [-0.25, -0.2) is 4.39 Å². The van der Waals surface area contributed by atoms with E-state index in [0.717, 1.165) is 25.2 Å². The molecule has 0 saturated carbocycles. The van der Waals surface area contributed by atoms with Gasteiger partial charge in [-0.15, -0.1) is 12.4 Å². The number of amides is 1. The fraction of sp³-hybridized carbons (Fsp3) is 0.409. The average molecular weight is 389 g/mol. The summed E-state index contributed by atoms with van der Waals surface area (Å²) in [6.45, 7) is 4.94. The number of nitrogens with one attached hydrogen (secondary N) is 1. The highest BCUT2D eigenvalue weighted by Crippen LogP contribution is 2.43. The van der Waals surface area contributed by atoms with E-state index in [9.17, 15) is 9.18 Å². The zero-order valence-electron chi connectivity index (χ0n) is 15.5. The molecular formula is C22H26ClFN2O. The zero-order valence-corrected chi connectivity index (χ0v) is 16.3. The van der Waals surface area contributed by atoms with Crippen molar-refractivity contribution in [2.24, 2.45) is 11.8 Å². The summed E-state index contributed by atoms with van der Waals surface area (Å²) in [5.41, 5.74) is 3.54. The maximum absolute atomic E-state index is 13.1. The highest BCUT2D eigenvalue weighted by molar-refractivity contribution is 5.85. The Labute approximate surface area is 166 Å². The molecule has 144 valence electrons. The van der Waals surface area contributed by atoms with Gasteiger partial charge in [-0.1, -0.05) is 36.4 Å². The van der Waals surface area contributed by atoms with Crippen LogP contribution >= 0.6 is 12.4 Å². The molecule has 0 radical (unpaired) electrons. The first-order chi connectivity index (χ1) is 12.6. The fourth-order valence-electron chi connectivity index (χ4n) is 4.54. The first-order valence-corrected chi connectivity index (χ1v) is 9.43. The molecule has 3 nitrogen and oxygen atoms in total. The summed E-state index contributed by atoms with van der Waals surface area (Å²) >= 11 is 0. The van der Waals surface area contributed by atoms with E-state index in [1.54, 1.807) is 12.1 Å². The molecule has 2 aromatic rings. The largest absolute Gasteiger partial charge is 0.335 e. The Bertz CT molecular complexity index is 795. The average Bonchev–Trinajstić information content (AvgIpc) is 3.23. The van der Waals surface area contributed by atoms with Gasteiger partial charge in [-0.05, 0) is 48.1 Å². The second kappa shape index (κ2) is 8.41.